The monoisotopic (exact) mass is 683 g/mol. The third kappa shape index (κ3) is 9.16. The van der Waals surface area contributed by atoms with Gasteiger partial charge in [-0.05, 0) is 0 Å². The van der Waals surface area contributed by atoms with Crippen LogP contribution in [0, 0.1) is 0 Å². The first-order chi connectivity index (χ1) is 18.0. The summed E-state index contributed by atoms with van der Waals surface area (Å²) in [6.07, 6.45) is -14.0. The molecule has 0 amide bonds. The Labute approximate surface area is 223 Å². The number of rotatable bonds is 15. The lowest BCUT2D eigenvalue weighted by atomic mass is 9.96. The van der Waals surface area contributed by atoms with Gasteiger partial charge < -0.3 is 5.32 Å². The number of hydrogen-bond donors (Lipinski definition) is 2. The first-order valence-electron chi connectivity index (χ1n) is 10.5. The van der Waals surface area contributed by atoms with Gasteiger partial charge in [-0.3, -0.25) is 0 Å². The van der Waals surface area contributed by atoms with Gasteiger partial charge in [0.25, 0.3) is 0 Å². The maximum absolute atomic E-state index is 13.3. The molecule has 41 heavy (non-hydrogen) atoms. The van der Waals surface area contributed by atoms with Crippen LogP contribution in [0.2, 0.25) is 0 Å². The van der Waals surface area contributed by atoms with Crippen molar-refractivity contribution in [3.63, 3.8) is 0 Å². The second kappa shape index (κ2) is 15.5. The van der Waals surface area contributed by atoms with Crippen molar-refractivity contribution in [2.24, 2.45) is 0 Å². The Morgan fingerprint density at radius 3 is 0.854 bits per heavy atom. The van der Waals surface area contributed by atoms with Crippen LogP contribution in [0.25, 0.3) is 0 Å². The Bertz CT molecular complexity index is 680. The number of nitrogens with one attached hydrogen (secondary N) is 1. The SMILES string of the molecule is CCCC.FC(F)C(F)(F)C(F)(F)C(F)(F)C(F)(F)CCNCCC(F)(F)C(F)(F)C(F)(F)C(F)(F)C(F)F.FS. The lowest BCUT2D eigenvalue weighted by Crippen LogP contribution is -2.64. The Morgan fingerprint density at radius 2 is 0.683 bits per heavy atom. The first kappa shape index (κ1) is 44.3. The maximum Gasteiger partial charge on any atom is 0.384 e. The van der Waals surface area contributed by atoms with Crippen LogP contribution in [-0.4, -0.2) is 73.3 Å². The van der Waals surface area contributed by atoms with Crippen LogP contribution in [0.4, 0.5) is 91.7 Å². The molecule has 0 spiro atoms. The van der Waals surface area contributed by atoms with Crippen molar-refractivity contribution < 1.29 is 91.7 Å². The average molecular weight is 683 g/mol. The van der Waals surface area contributed by atoms with Crippen LogP contribution in [0.15, 0.2) is 0 Å². The van der Waals surface area contributed by atoms with E-state index in [2.05, 4.69) is 13.8 Å². The fourth-order valence-corrected chi connectivity index (χ4v) is 2.08. The molecule has 0 saturated heterocycles. The molecule has 0 aliphatic carbocycles. The van der Waals surface area contributed by atoms with Gasteiger partial charge in [0.15, 0.2) is 0 Å². The fourth-order valence-electron chi connectivity index (χ4n) is 2.08. The van der Waals surface area contributed by atoms with Crippen LogP contribution in [0.3, 0.4) is 0 Å². The minimum atomic E-state index is -7.38. The molecule has 0 fully saturated rings. The highest BCUT2D eigenvalue weighted by Gasteiger charge is 2.83. The van der Waals surface area contributed by atoms with Gasteiger partial charge in [-0.2, -0.15) is 74.1 Å². The van der Waals surface area contributed by atoms with E-state index >= 15 is 0 Å². The second-order valence-corrected chi connectivity index (χ2v) is 7.80. The summed E-state index contributed by atoms with van der Waals surface area (Å²) in [6.45, 7) is 0.480. The molecule has 0 aliphatic heterocycles. The largest absolute Gasteiger partial charge is 0.384 e. The van der Waals surface area contributed by atoms with Crippen molar-refractivity contribution in [1.82, 2.24) is 5.32 Å². The van der Waals surface area contributed by atoms with Crippen molar-refractivity contribution in [1.29, 1.82) is 0 Å². The van der Waals surface area contributed by atoms with Crippen molar-refractivity contribution in [2.45, 2.75) is 99.8 Å². The van der Waals surface area contributed by atoms with Crippen molar-refractivity contribution in [3.05, 3.63) is 0 Å². The van der Waals surface area contributed by atoms with Crippen molar-refractivity contribution in [3.8, 4) is 0 Å². The third-order valence-electron chi connectivity index (χ3n) is 4.82. The Kier molecular flexibility index (Phi) is 16.8. The number of unbranched alkanes of at least 4 members (excludes halogenated alkanes) is 1. The smallest absolute Gasteiger partial charge is 0.316 e. The molecule has 0 heterocycles. The van der Waals surface area contributed by atoms with Gasteiger partial charge in [0, 0.05) is 38.9 Å². The maximum atomic E-state index is 13.3. The van der Waals surface area contributed by atoms with E-state index in [1.165, 1.54) is 12.8 Å². The first-order valence-corrected chi connectivity index (χ1v) is 10.8. The molecular formula is C18H22F21NS. The molecule has 0 aliphatic rings. The van der Waals surface area contributed by atoms with Gasteiger partial charge in [-0.25, -0.2) is 17.6 Å². The number of hydrogen-bond acceptors (Lipinski definition) is 2. The molecule has 0 radical (unpaired) electrons. The second-order valence-electron chi connectivity index (χ2n) is 7.80. The summed E-state index contributed by atoms with van der Waals surface area (Å²) in [5.74, 6) is -55.7. The minimum absolute atomic E-state index is 1.08. The quantitative estimate of drug-likeness (QED) is 0.0996. The molecule has 0 saturated carbocycles. The lowest BCUT2D eigenvalue weighted by molar-refractivity contribution is -0.384. The molecule has 0 aromatic rings. The average Bonchev–Trinajstić information content (AvgIpc) is 2.83. The molecular weight excluding hydrogens is 661 g/mol. The van der Waals surface area contributed by atoms with Gasteiger partial charge >= 0.3 is 60.2 Å². The molecule has 252 valence electrons. The topological polar surface area (TPSA) is 12.0 Å². The summed E-state index contributed by atoms with van der Waals surface area (Å²) < 4.78 is 266. The Hall–Kier alpha value is -1.16. The molecule has 0 unspecified atom stereocenters. The summed E-state index contributed by atoms with van der Waals surface area (Å²) in [5.41, 5.74) is 0. The van der Waals surface area contributed by atoms with E-state index in [1.54, 1.807) is 0 Å². The van der Waals surface area contributed by atoms with Gasteiger partial charge in [0.1, 0.15) is 0 Å². The summed E-state index contributed by atoms with van der Waals surface area (Å²) in [4.78, 5) is 0. The van der Waals surface area contributed by atoms with Crippen LogP contribution in [0.1, 0.15) is 39.5 Å². The summed E-state index contributed by atoms with van der Waals surface area (Å²) in [7, 11) is 0. The van der Waals surface area contributed by atoms with Crippen molar-refractivity contribution >= 4 is 13.0 Å². The van der Waals surface area contributed by atoms with Gasteiger partial charge in [-0.1, -0.05) is 26.7 Å². The van der Waals surface area contributed by atoms with Crippen molar-refractivity contribution in [2.75, 3.05) is 13.1 Å². The number of thiol groups is 1. The molecule has 1 nitrogen and oxygen atoms in total. The Morgan fingerprint density at radius 1 is 0.463 bits per heavy atom. The molecule has 0 bridgehead atoms. The zero-order chi connectivity index (χ0) is 34.1. The predicted molar refractivity (Wildman–Crippen MR) is 104 cm³/mol. The normalized spacial score (nSPS) is 14.5. The van der Waals surface area contributed by atoms with Crippen LogP contribution in [0.5, 0.6) is 0 Å². The lowest BCUT2D eigenvalue weighted by Gasteiger charge is -2.37. The molecule has 0 aromatic heterocycles. The zero-order valence-corrected chi connectivity index (χ0v) is 21.2. The zero-order valence-electron chi connectivity index (χ0n) is 20.3. The van der Waals surface area contributed by atoms with Crippen LogP contribution < -0.4 is 5.32 Å². The highest BCUT2D eigenvalue weighted by atomic mass is 32.1. The molecule has 0 aromatic carbocycles. The molecule has 0 atom stereocenters. The molecule has 0 rings (SSSR count). The Balaban J connectivity index is -0.00000219. The fraction of sp³-hybridized carbons (Fsp3) is 1.00. The standard InChI is InChI=1S/C14H11F20N.C4H10.FHS/c15-5(16)9(23,24)13(31,32)11(27,28)7(19,20)1-3-35-4-2-8(21,22)12(29,30)14(33,34)10(25,26)6(17)18;1-3-4-2;1-2/h5-6,35H,1-4H2;3-4H2,1-2H3;2H. The van der Waals surface area contributed by atoms with E-state index in [1.807, 2.05) is 13.0 Å². The predicted octanol–water partition coefficient (Wildman–Crippen LogP) is 9.58. The highest BCUT2D eigenvalue weighted by molar-refractivity contribution is 7.74. The number of alkyl halides is 20. The van der Waals surface area contributed by atoms with E-state index in [0.29, 0.717) is 0 Å². The van der Waals surface area contributed by atoms with Gasteiger partial charge in [-0.15, -0.1) is 0 Å². The minimum Gasteiger partial charge on any atom is -0.316 e. The van der Waals surface area contributed by atoms with Crippen LogP contribution >= 0.6 is 13.0 Å². The highest BCUT2D eigenvalue weighted by Crippen LogP contribution is 2.56. The summed E-state index contributed by atoms with van der Waals surface area (Å²) in [6, 6.07) is 0. The summed E-state index contributed by atoms with van der Waals surface area (Å²) in [5, 5.41) is 1.08. The van der Waals surface area contributed by atoms with E-state index in [-0.39, 0.29) is 0 Å². The van der Waals surface area contributed by atoms with E-state index in [4.69, 9.17) is 0 Å². The molecule has 1 N–H and O–H groups in total. The van der Waals surface area contributed by atoms with E-state index < -0.39 is 86.2 Å². The molecule has 23 heteroatoms. The van der Waals surface area contributed by atoms with E-state index in [9.17, 15) is 91.7 Å². The third-order valence-corrected chi connectivity index (χ3v) is 4.82. The van der Waals surface area contributed by atoms with Crippen LogP contribution in [-0.2, 0) is 0 Å². The number of halogens is 21. The summed E-state index contributed by atoms with van der Waals surface area (Å²) >= 11 is 2.03. The van der Waals surface area contributed by atoms with E-state index in [0.717, 1.165) is 5.32 Å². The van der Waals surface area contributed by atoms with Gasteiger partial charge in [0.2, 0.25) is 0 Å². The van der Waals surface area contributed by atoms with Gasteiger partial charge in [0.05, 0.1) is 0 Å².